The van der Waals surface area contributed by atoms with E-state index in [0.29, 0.717) is 0 Å². The van der Waals surface area contributed by atoms with Gasteiger partial charge in [0.2, 0.25) is 0 Å². The van der Waals surface area contributed by atoms with E-state index >= 15 is 0 Å². The van der Waals surface area contributed by atoms with Gasteiger partial charge in [0.05, 0.1) is 0 Å². The summed E-state index contributed by atoms with van der Waals surface area (Å²) in [6, 6.07) is 69.1. The van der Waals surface area contributed by atoms with E-state index in [2.05, 4.69) is 242 Å². The van der Waals surface area contributed by atoms with E-state index in [1.54, 1.807) is 0 Å². The second-order valence-corrected chi connectivity index (χ2v) is 20.3. The Morgan fingerprint density at radius 3 is 1.30 bits per heavy atom. The third kappa shape index (κ3) is 7.15. The average Bonchev–Trinajstić information content (AvgIpc) is 3.82. The van der Waals surface area contributed by atoms with Gasteiger partial charge >= 0.3 is 329 Å². The topological polar surface area (TPSA) is 0 Å². The molecule has 0 N–H and O–H groups in total. The summed E-state index contributed by atoms with van der Waals surface area (Å²) in [7, 11) is -2.52. The summed E-state index contributed by atoms with van der Waals surface area (Å²) in [6.45, 7) is 4.29. The number of benzene rings is 9. The average molecular weight is 1010 g/mol. The molecular formula is C62H47OsP+. The van der Waals surface area contributed by atoms with Crippen molar-refractivity contribution in [1.29, 1.82) is 0 Å². The summed E-state index contributed by atoms with van der Waals surface area (Å²) in [5.74, 6) is 7.94. The van der Waals surface area contributed by atoms with E-state index in [1.165, 1.54) is 81.4 Å². The molecular weight excluding hydrogens is 966 g/mol. The Hall–Kier alpha value is -6.61. The molecule has 1 fully saturated rings. The molecule has 0 spiro atoms. The van der Waals surface area contributed by atoms with Crippen molar-refractivity contribution < 1.29 is 17.9 Å². The van der Waals surface area contributed by atoms with Gasteiger partial charge in [0, 0.05) is 0 Å². The van der Waals surface area contributed by atoms with Crippen LogP contribution in [0.1, 0.15) is 44.2 Å². The Morgan fingerprint density at radius 2 is 0.875 bits per heavy atom. The van der Waals surface area contributed by atoms with Crippen molar-refractivity contribution in [2.45, 2.75) is 33.1 Å². The molecule has 1 aliphatic carbocycles. The quantitative estimate of drug-likeness (QED) is 0.0848. The van der Waals surface area contributed by atoms with Gasteiger partial charge in [0.25, 0.3) is 0 Å². The Balaban J connectivity index is 1.33. The molecule has 1 aliphatic rings. The first kappa shape index (κ1) is 41.4. The van der Waals surface area contributed by atoms with Crippen molar-refractivity contribution in [3.63, 3.8) is 0 Å². The van der Waals surface area contributed by atoms with E-state index in [9.17, 15) is 0 Å². The van der Waals surface area contributed by atoms with Gasteiger partial charge in [-0.1, -0.05) is 48.6 Å². The van der Waals surface area contributed by atoms with Crippen LogP contribution in [0.25, 0.3) is 60.3 Å². The molecule has 9 aromatic carbocycles. The van der Waals surface area contributed by atoms with E-state index in [-0.39, 0.29) is 0 Å². The van der Waals surface area contributed by atoms with Gasteiger partial charge in [0.1, 0.15) is 0 Å². The fraction of sp³-hybridized carbons (Fsp3) is 0.0806. The normalized spacial score (nSPS) is 14.7. The molecule has 0 aromatic heterocycles. The molecule has 0 atom stereocenters. The van der Waals surface area contributed by atoms with Gasteiger partial charge < -0.3 is 0 Å². The van der Waals surface area contributed by atoms with Crippen LogP contribution in [0.5, 0.6) is 0 Å². The molecule has 0 amide bonds. The molecule has 0 nitrogen and oxygen atoms in total. The van der Waals surface area contributed by atoms with Crippen LogP contribution in [0.15, 0.2) is 228 Å². The Morgan fingerprint density at radius 1 is 0.484 bits per heavy atom. The number of hydrogen-bond donors (Lipinski definition) is 0. The van der Waals surface area contributed by atoms with Crippen LogP contribution in [0.4, 0.5) is 0 Å². The molecule has 0 radical (unpaired) electrons. The predicted molar refractivity (Wildman–Crippen MR) is 275 cm³/mol. The van der Waals surface area contributed by atoms with E-state index < -0.39 is 7.26 Å². The van der Waals surface area contributed by atoms with Crippen LogP contribution in [0.3, 0.4) is 0 Å². The molecule has 10 rings (SSSR count). The zero-order valence-electron chi connectivity index (χ0n) is 36.1. The molecule has 64 heavy (non-hydrogen) atoms. The molecule has 0 bridgehead atoms. The first-order chi connectivity index (χ1) is 31.7. The van der Waals surface area contributed by atoms with Crippen LogP contribution < -0.4 is 15.9 Å². The van der Waals surface area contributed by atoms with Crippen molar-refractivity contribution >= 4 is 72.3 Å². The van der Waals surface area contributed by atoms with Crippen LogP contribution >= 0.6 is 7.26 Å². The summed E-state index contributed by atoms with van der Waals surface area (Å²) in [6.07, 6.45) is 12.4. The number of rotatable bonds is 7. The fourth-order valence-corrected chi connectivity index (χ4v) is 15.9. The Kier molecular flexibility index (Phi) is 11.8. The molecule has 0 aliphatic heterocycles. The van der Waals surface area contributed by atoms with Crippen molar-refractivity contribution in [2.24, 2.45) is 0 Å². The van der Waals surface area contributed by atoms with Crippen molar-refractivity contribution in [2.75, 3.05) is 0 Å². The minimum absolute atomic E-state index is 1.03. The van der Waals surface area contributed by atoms with Gasteiger partial charge in [-0.05, 0) is 12.5 Å². The molecule has 0 heterocycles. The molecule has 9 aromatic rings. The fourth-order valence-electron chi connectivity index (χ4n) is 10.1. The van der Waals surface area contributed by atoms with E-state index in [1.807, 2.05) is 17.9 Å². The summed E-state index contributed by atoms with van der Waals surface area (Å²) >= 11 is 1.83. The zero-order chi connectivity index (χ0) is 43.5. The zero-order valence-corrected chi connectivity index (χ0v) is 39.6. The molecule has 0 saturated heterocycles. The van der Waals surface area contributed by atoms with Crippen LogP contribution in [-0.2, 0) is 17.9 Å². The van der Waals surface area contributed by atoms with Gasteiger partial charge in [0.15, 0.2) is 0 Å². The van der Waals surface area contributed by atoms with Gasteiger partial charge in [-0.25, -0.2) is 0 Å². The third-order valence-corrected chi connectivity index (χ3v) is 18.3. The van der Waals surface area contributed by atoms with E-state index in [4.69, 9.17) is 0 Å². The maximum absolute atomic E-state index is 3.99. The van der Waals surface area contributed by atoms with Crippen LogP contribution in [-0.4, -0.2) is 0 Å². The molecule has 2 heteroatoms. The van der Waals surface area contributed by atoms with Crippen molar-refractivity contribution in [3.05, 3.63) is 239 Å². The molecule has 0 unspecified atom stereocenters. The van der Waals surface area contributed by atoms with Gasteiger partial charge in [-0.2, -0.15) is 0 Å². The standard InChI is InChI=1S/C62H47P.Os/c1-4-24-51-52-33-15-19-37-57(52)61(58-38-20-16-34-53(51)58)62-59-39-21-17-35-54(59)56(55-36-18-22-40-60(55)62)42-41-46(43-47-26-23-25-45(47)5-2)44(3)63(48-27-9-6-10-28-48,49-29-11-7-12-30-49)50-31-13-8-14-32-50;/h4-22,24,27-40,43H,23,25-26H2,1-2H3;/q+1;/b24-4+,45-5?,46-44?,47-43?;. The second kappa shape index (κ2) is 18.2. The first-order valence-corrected chi connectivity index (χ1v) is 25.3. The Bertz CT molecular complexity index is 3270. The van der Waals surface area contributed by atoms with Crippen LogP contribution in [0, 0.1) is 16.2 Å². The van der Waals surface area contributed by atoms with Gasteiger partial charge in [-0.3, -0.25) is 0 Å². The SMILES string of the molecule is CC=C1CCCC1=CC(C#Cc1c2ccccc2c(-c2c3ccccc3c(/C=C/C)c3ccccc23)c2ccccc12)=C([C]#[Os])[P+](c1ccccc1)(c1ccccc1)c1ccccc1. The first-order valence-electron chi connectivity index (χ1n) is 22.2. The molecule has 1 saturated carbocycles. The van der Waals surface area contributed by atoms with Gasteiger partial charge in [-0.15, -0.1) is 0 Å². The van der Waals surface area contributed by atoms with E-state index in [0.717, 1.165) is 41.2 Å². The minimum atomic E-state index is -2.52. The van der Waals surface area contributed by atoms with Crippen molar-refractivity contribution in [1.82, 2.24) is 0 Å². The summed E-state index contributed by atoms with van der Waals surface area (Å²) in [5.41, 5.74) is 8.64. The van der Waals surface area contributed by atoms with Crippen LogP contribution in [0.2, 0.25) is 0 Å². The number of allylic oxidation sites excluding steroid dienone is 7. The Labute approximate surface area is 387 Å². The number of hydrogen-bond acceptors (Lipinski definition) is 0. The third-order valence-electron chi connectivity index (χ3n) is 12.9. The second-order valence-electron chi connectivity index (χ2n) is 16.3. The summed E-state index contributed by atoms with van der Waals surface area (Å²) < 4.78 is 3.92. The predicted octanol–water partition coefficient (Wildman–Crippen LogP) is 15.2. The number of fused-ring (bicyclic) bond motifs is 4. The molecule has 307 valence electrons. The summed E-state index contributed by atoms with van der Waals surface area (Å²) in [5, 5.41) is 14.7. The maximum atomic E-state index is 3.99. The summed E-state index contributed by atoms with van der Waals surface area (Å²) in [4.78, 5) is 0. The monoisotopic (exact) mass is 1010 g/mol. The van der Waals surface area contributed by atoms with Crippen molar-refractivity contribution in [3.8, 4) is 27.3 Å².